The third-order valence-electron chi connectivity index (χ3n) is 2.92. The minimum absolute atomic E-state index is 0.510. The van der Waals surface area contributed by atoms with Crippen LogP contribution in [0.5, 0.6) is 5.75 Å². The summed E-state index contributed by atoms with van der Waals surface area (Å²) in [6.07, 6.45) is 0. The Hall–Kier alpha value is -1.71. The fourth-order valence-electron chi connectivity index (χ4n) is 1.95. The molecule has 1 heterocycles. The van der Waals surface area contributed by atoms with E-state index in [9.17, 15) is 0 Å². The highest BCUT2D eigenvalue weighted by Crippen LogP contribution is 2.29. The molecule has 0 unspecified atom stereocenters. The van der Waals surface area contributed by atoms with E-state index < -0.39 is 0 Å². The topological polar surface area (TPSA) is 35.2 Å². The fourth-order valence-corrected chi connectivity index (χ4v) is 3.08. The summed E-state index contributed by atoms with van der Waals surface area (Å²) in [5, 5.41) is 3.97. The van der Waals surface area contributed by atoms with Gasteiger partial charge in [-0.1, -0.05) is 29.8 Å². The van der Waals surface area contributed by atoms with E-state index >= 15 is 0 Å². The molecule has 0 bridgehead atoms. The van der Waals surface area contributed by atoms with Gasteiger partial charge >= 0.3 is 0 Å². The summed E-state index contributed by atoms with van der Waals surface area (Å²) in [7, 11) is 0. The summed E-state index contributed by atoms with van der Waals surface area (Å²) in [6, 6.07) is 13.6. The number of fused-ring (bicyclic) bond motifs is 1. The summed E-state index contributed by atoms with van der Waals surface area (Å²) in [4.78, 5) is 0. The number of thiophene rings is 1. The summed E-state index contributed by atoms with van der Waals surface area (Å²) in [5.41, 5.74) is 7.60. The summed E-state index contributed by atoms with van der Waals surface area (Å²) in [5.74, 6) is 0.666. The molecule has 0 atom stereocenters. The summed E-state index contributed by atoms with van der Waals surface area (Å²) < 4.78 is 7.04. The fraction of sp³-hybridized carbons (Fsp3) is 0.0667. The van der Waals surface area contributed by atoms with Crippen molar-refractivity contribution in [2.75, 3.05) is 5.73 Å². The van der Waals surface area contributed by atoms with Gasteiger partial charge in [0.2, 0.25) is 0 Å². The van der Waals surface area contributed by atoms with Crippen LogP contribution in [0.3, 0.4) is 0 Å². The second-order valence-electron chi connectivity index (χ2n) is 4.23. The van der Waals surface area contributed by atoms with E-state index in [2.05, 4.69) is 17.5 Å². The Balaban J connectivity index is 1.82. The van der Waals surface area contributed by atoms with E-state index in [0.717, 1.165) is 0 Å². The number of halogens is 1. The maximum absolute atomic E-state index is 5.87. The van der Waals surface area contributed by atoms with Crippen LogP contribution in [0.1, 0.15) is 5.56 Å². The predicted octanol–water partition coefficient (Wildman–Crippen LogP) is 4.72. The summed E-state index contributed by atoms with van der Waals surface area (Å²) >= 11 is 7.58. The maximum atomic E-state index is 5.87. The third kappa shape index (κ3) is 2.53. The minimum atomic E-state index is 0.510. The lowest BCUT2D eigenvalue weighted by atomic mass is 10.2. The molecule has 3 rings (SSSR count). The average molecular weight is 290 g/mol. The second-order valence-corrected chi connectivity index (χ2v) is 5.58. The van der Waals surface area contributed by atoms with Crippen molar-refractivity contribution in [1.82, 2.24) is 0 Å². The Labute approximate surface area is 120 Å². The van der Waals surface area contributed by atoms with E-state index in [0.29, 0.717) is 23.1 Å². The molecule has 3 aromatic rings. The van der Waals surface area contributed by atoms with Gasteiger partial charge in [-0.3, -0.25) is 0 Å². The molecular formula is C15H12ClNOS. The number of benzene rings is 2. The van der Waals surface area contributed by atoms with Crippen LogP contribution in [0.25, 0.3) is 10.1 Å². The normalized spacial score (nSPS) is 10.8. The zero-order valence-electron chi connectivity index (χ0n) is 10.1. The Bertz CT molecular complexity index is 723. The molecule has 2 aromatic carbocycles. The highest BCUT2D eigenvalue weighted by molar-refractivity contribution is 7.17. The van der Waals surface area contributed by atoms with E-state index in [1.54, 1.807) is 29.5 Å². The van der Waals surface area contributed by atoms with Crippen LogP contribution in [-0.2, 0) is 6.61 Å². The van der Waals surface area contributed by atoms with Crippen molar-refractivity contribution in [3.05, 3.63) is 58.4 Å². The highest BCUT2D eigenvalue weighted by atomic mass is 35.5. The zero-order valence-corrected chi connectivity index (χ0v) is 11.7. The first-order valence-electron chi connectivity index (χ1n) is 5.87. The average Bonchev–Trinajstić information content (AvgIpc) is 2.81. The Morgan fingerprint density at radius 2 is 2.00 bits per heavy atom. The lowest BCUT2D eigenvalue weighted by Gasteiger charge is -2.08. The molecule has 0 radical (unpaired) electrons. The molecule has 0 fully saturated rings. The van der Waals surface area contributed by atoms with Crippen molar-refractivity contribution < 1.29 is 4.74 Å². The third-order valence-corrected chi connectivity index (χ3v) is 4.16. The van der Waals surface area contributed by atoms with Gasteiger partial charge in [0.25, 0.3) is 0 Å². The van der Waals surface area contributed by atoms with Gasteiger partial charge in [-0.15, -0.1) is 11.3 Å². The van der Waals surface area contributed by atoms with Crippen LogP contribution < -0.4 is 10.5 Å². The summed E-state index contributed by atoms with van der Waals surface area (Å²) in [6.45, 7) is 0.510. The van der Waals surface area contributed by atoms with E-state index in [1.165, 1.54) is 15.6 Å². The van der Waals surface area contributed by atoms with Crippen molar-refractivity contribution in [3.63, 3.8) is 0 Å². The Morgan fingerprint density at radius 3 is 2.84 bits per heavy atom. The monoisotopic (exact) mass is 289 g/mol. The first-order valence-corrected chi connectivity index (χ1v) is 7.13. The molecular weight excluding hydrogens is 278 g/mol. The molecule has 96 valence electrons. The van der Waals surface area contributed by atoms with Gasteiger partial charge in [0.1, 0.15) is 12.4 Å². The molecule has 1 aromatic heterocycles. The number of nitrogens with two attached hydrogens (primary N) is 1. The lowest BCUT2D eigenvalue weighted by molar-refractivity contribution is 0.310. The molecule has 0 aliphatic rings. The van der Waals surface area contributed by atoms with Crippen molar-refractivity contribution in [1.29, 1.82) is 0 Å². The van der Waals surface area contributed by atoms with Crippen LogP contribution in [0.4, 0.5) is 5.69 Å². The van der Waals surface area contributed by atoms with Crippen molar-refractivity contribution in [2.45, 2.75) is 6.61 Å². The van der Waals surface area contributed by atoms with Crippen LogP contribution in [0, 0.1) is 0 Å². The van der Waals surface area contributed by atoms with Crippen LogP contribution in [-0.4, -0.2) is 0 Å². The lowest BCUT2D eigenvalue weighted by Crippen LogP contribution is -1.98. The SMILES string of the molecule is Nc1cc(Cl)ccc1OCc1csc2ccccc12. The molecule has 0 saturated heterocycles. The van der Waals surface area contributed by atoms with Gasteiger partial charge < -0.3 is 10.5 Å². The Kier molecular flexibility index (Phi) is 3.32. The number of rotatable bonds is 3. The van der Waals surface area contributed by atoms with Crippen LogP contribution in [0.15, 0.2) is 47.8 Å². The van der Waals surface area contributed by atoms with Crippen LogP contribution in [0.2, 0.25) is 5.02 Å². The first kappa shape index (κ1) is 12.3. The Morgan fingerprint density at radius 1 is 1.16 bits per heavy atom. The van der Waals surface area contributed by atoms with E-state index in [-0.39, 0.29) is 0 Å². The number of ether oxygens (including phenoxy) is 1. The first-order chi connectivity index (χ1) is 9.24. The molecule has 0 aliphatic carbocycles. The van der Waals surface area contributed by atoms with Gasteiger partial charge in [0.05, 0.1) is 5.69 Å². The highest BCUT2D eigenvalue weighted by Gasteiger charge is 2.06. The predicted molar refractivity (Wildman–Crippen MR) is 82.0 cm³/mol. The zero-order chi connectivity index (χ0) is 13.2. The smallest absolute Gasteiger partial charge is 0.142 e. The number of anilines is 1. The van der Waals surface area contributed by atoms with Gasteiger partial charge in [-0.05, 0) is 35.0 Å². The molecule has 0 saturated carbocycles. The molecule has 0 spiro atoms. The maximum Gasteiger partial charge on any atom is 0.142 e. The van der Waals surface area contributed by atoms with Crippen molar-refractivity contribution >= 4 is 38.7 Å². The molecule has 2 nitrogen and oxygen atoms in total. The number of hydrogen-bond donors (Lipinski definition) is 1. The van der Waals surface area contributed by atoms with Gasteiger partial charge in [0, 0.05) is 15.3 Å². The quantitative estimate of drug-likeness (QED) is 0.708. The van der Waals surface area contributed by atoms with E-state index in [1.807, 2.05) is 12.1 Å². The van der Waals surface area contributed by atoms with Crippen molar-refractivity contribution in [3.8, 4) is 5.75 Å². The van der Waals surface area contributed by atoms with Gasteiger partial charge in [-0.2, -0.15) is 0 Å². The molecule has 19 heavy (non-hydrogen) atoms. The van der Waals surface area contributed by atoms with E-state index in [4.69, 9.17) is 22.1 Å². The molecule has 4 heteroatoms. The molecule has 0 aliphatic heterocycles. The van der Waals surface area contributed by atoms with Gasteiger partial charge in [0.15, 0.2) is 0 Å². The largest absolute Gasteiger partial charge is 0.487 e. The van der Waals surface area contributed by atoms with Crippen molar-refractivity contribution in [2.24, 2.45) is 0 Å². The second kappa shape index (κ2) is 5.11. The molecule has 2 N–H and O–H groups in total. The number of nitrogen functional groups attached to an aromatic ring is 1. The van der Waals surface area contributed by atoms with Crippen LogP contribution >= 0.6 is 22.9 Å². The number of hydrogen-bond acceptors (Lipinski definition) is 3. The van der Waals surface area contributed by atoms with Gasteiger partial charge in [-0.25, -0.2) is 0 Å². The standard InChI is InChI=1S/C15H12ClNOS/c16-11-5-6-14(13(17)7-11)18-8-10-9-19-15-4-2-1-3-12(10)15/h1-7,9H,8,17H2. The minimum Gasteiger partial charge on any atom is -0.487 e. The molecule has 0 amide bonds.